The highest BCUT2D eigenvalue weighted by atomic mass is 35.5. The normalized spacial score (nSPS) is 14.4. The average Bonchev–Trinajstić information content (AvgIpc) is 3.40. The molecule has 1 aromatic heterocycles. The number of amides is 1. The highest BCUT2D eigenvalue weighted by Gasteiger charge is 2.35. The van der Waals surface area contributed by atoms with E-state index in [-0.39, 0.29) is 70.7 Å². The maximum atomic E-state index is 13.2. The number of ketones is 1. The number of esters is 1. The Morgan fingerprint density at radius 3 is 2.00 bits per heavy atom. The van der Waals surface area contributed by atoms with E-state index in [1.165, 1.54) is 61.6 Å². The molecule has 1 amide bonds. The van der Waals surface area contributed by atoms with Crippen LogP contribution in [0.1, 0.15) is 29.9 Å². The zero-order valence-corrected chi connectivity index (χ0v) is 26.6. The number of halogens is 6. The summed E-state index contributed by atoms with van der Waals surface area (Å²) in [7, 11) is 0. The number of rotatable bonds is 8. The first kappa shape index (κ1) is 32.6. The molecular weight excluding hydrogens is 685 g/mol. The molecule has 1 aliphatic rings. The maximum Gasteiger partial charge on any atom is 0.359 e. The summed E-state index contributed by atoms with van der Waals surface area (Å²) in [6, 6.07) is 5.59. The number of aromatic hydroxyl groups is 1. The van der Waals surface area contributed by atoms with Crippen LogP contribution in [0.3, 0.4) is 0 Å². The summed E-state index contributed by atoms with van der Waals surface area (Å²) in [6.45, 7) is 2.93. The number of allylic oxidation sites excluding steroid dienone is 4. The first-order valence-corrected chi connectivity index (χ1v) is 14.4. The van der Waals surface area contributed by atoms with Gasteiger partial charge in [0.2, 0.25) is 5.88 Å². The third kappa shape index (κ3) is 6.77. The van der Waals surface area contributed by atoms with Gasteiger partial charge in [0.25, 0.3) is 5.91 Å². The second-order valence-electron chi connectivity index (χ2n) is 8.60. The van der Waals surface area contributed by atoms with Crippen molar-refractivity contribution >= 4 is 105 Å². The molecule has 1 N–H and O–H groups in total. The summed E-state index contributed by atoms with van der Waals surface area (Å²) in [4.78, 5) is 38.1. The Labute approximate surface area is 275 Å². The van der Waals surface area contributed by atoms with Crippen molar-refractivity contribution in [2.24, 2.45) is 5.10 Å². The number of carbonyl (C=O) groups is 3. The second-order valence-corrected chi connectivity index (χ2v) is 11.1. The molecule has 1 aliphatic heterocycles. The number of ether oxygens (including phenoxy) is 1. The van der Waals surface area contributed by atoms with E-state index in [0.29, 0.717) is 0 Å². The summed E-state index contributed by atoms with van der Waals surface area (Å²) in [5.41, 5.74) is -0.177. The van der Waals surface area contributed by atoms with Gasteiger partial charge < -0.3 is 9.84 Å². The topological polar surface area (TPSA) is 114 Å². The fourth-order valence-electron chi connectivity index (χ4n) is 3.90. The van der Waals surface area contributed by atoms with Gasteiger partial charge in [-0.2, -0.15) is 19.9 Å². The van der Waals surface area contributed by atoms with Crippen LogP contribution in [0, 0.1) is 0 Å². The number of hydrazone groups is 1. The summed E-state index contributed by atoms with van der Waals surface area (Å²) >= 11 is 37.0. The van der Waals surface area contributed by atoms with E-state index in [4.69, 9.17) is 74.3 Å². The molecule has 0 atom stereocenters. The van der Waals surface area contributed by atoms with E-state index < -0.39 is 23.5 Å². The standard InChI is InChI=1S/C28H18Cl6N4O5/c1-3-43-28(42)23-17(27(41)38(36-23)25-20(33)11-15(30)12-21(25)34)8-6-4-5-7-16-22(13(2)39)35-37(26(16)40)24-18(31)9-14(29)10-19(24)32/h4-12,41H,3H2,1-2H3/b5-4+,8-6+,16-7-. The van der Waals surface area contributed by atoms with Crippen LogP contribution in [-0.2, 0) is 14.3 Å². The van der Waals surface area contributed by atoms with Crippen LogP contribution in [-0.4, -0.2) is 44.9 Å². The number of carbonyl (C=O) groups excluding carboxylic acids is 3. The fourth-order valence-corrected chi connectivity index (χ4v) is 5.85. The molecule has 0 saturated heterocycles. The van der Waals surface area contributed by atoms with Gasteiger partial charge in [-0.3, -0.25) is 9.59 Å². The number of Topliss-reactive ketones (excluding diaryl/α,β-unsaturated/α-hetero) is 1. The van der Waals surface area contributed by atoms with Crippen molar-refractivity contribution in [1.82, 2.24) is 9.78 Å². The smallest absolute Gasteiger partial charge is 0.359 e. The van der Waals surface area contributed by atoms with Gasteiger partial charge >= 0.3 is 5.97 Å². The Morgan fingerprint density at radius 2 is 1.47 bits per heavy atom. The van der Waals surface area contributed by atoms with Gasteiger partial charge in [-0.1, -0.05) is 87.8 Å². The molecule has 2 aromatic carbocycles. The molecule has 2 heterocycles. The largest absolute Gasteiger partial charge is 0.493 e. The van der Waals surface area contributed by atoms with Crippen LogP contribution in [0.15, 0.2) is 59.2 Å². The monoisotopic (exact) mass is 700 g/mol. The van der Waals surface area contributed by atoms with Crippen LogP contribution in [0.5, 0.6) is 5.88 Å². The van der Waals surface area contributed by atoms with Crippen molar-refractivity contribution in [2.75, 3.05) is 11.6 Å². The lowest BCUT2D eigenvalue weighted by Crippen LogP contribution is -2.22. The summed E-state index contributed by atoms with van der Waals surface area (Å²) in [5.74, 6) is -2.38. The molecule has 43 heavy (non-hydrogen) atoms. The number of aromatic nitrogens is 2. The molecular formula is C28H18Cl6N4O5. The molecule has 15 heteroatoms. The van der Waals surface area contributed by atoms with Crippen molar-refractivity contribution in [3.63, 3.8) is 0 Å². The van der Waals surface area contributed by atoms with Gasteiger partial charge in [-0.05, 0) is 43.3 Å². The van der Waals surface area contributed by atoms with E-state index in [1.807, 2.05) is 0 Å². The van der Waals surface area contributed by atoms with Crippen molar-refractivity contribution < 1.29 is 24.2 Å². The third-order valence-electron chi connectivity index (χ3n) is 5.71. The molecule has 4 rings (SSSR count). The molecule has 0 unspecified atom stereocenters. The van der Waals surface area contributed by atoms with Crippen molar-refractivity contribution in [2.45, 2.75) is 13.8 Å². The van der Waals surface area contributed by atoms with Crippen molar-refractivity contribution in [3.05, 3.63) is 95.5 Å². The Bertz CT molecular complexity index is 1750. The molecule has 0 bridgehead atoms. The predicted octanol–water partition coefficient (Wildman–Crippen LogP) is 8.16. The van der Waals surface area contributed by atoms with E-state index >= 15 is 0 Å². The van der Waals surface area contributed by atoms with Crippen molar-refractivity contribution in [3.8, 4) is 11.6 Å². The molecule has 3 aromatic rings. The van der Waals surface area contributed by atoms with Gasteiger partial charge in [0, 0.05) is 17.0 Å². The minimum absolute atomic E-state index is 0.000959. The summed E-state index contributed by atoms with van der Waals surface area (Å²) in [5, 5.41) is 21.0. The third-order valence-corrected chi connectivity index (χ3v) is 7.30. The lowest BCUT2D eigenvalue weighted by Gasteiger charge is -2.15. The summed E-state index contributed by atoms with van der Waals surface area (Å²) < 4.78 is 6.07. The Hall–Kier alpha value is -3.31. The van der Waals surface area contributed by atoms with Gasteiger partial charge in [0.15, 0.2) is 11.5 Å². The fraction of sp³-hybridized carbons (Fsp3) is 0.107. The van der Waals surface area contributed by atoms with Crippen LogP contribution in [0.2, 0.25) is 30.1 Å². The maximum absolute atomic E-state index is 13.2. The van der Waals surface area contributed by atoms with Crippen LogP contribution in [0.4, 0.5) is 5.69 Å². The number of nitrogens with zero attached hydrogens (tertiary/aromatic N) is 4. The number of hydrogen-bond donors (Lipinski definition) is 1. The Kier molecular flexibility index (Phi) is 10.3. The lowest BCUT2D eigenvalue weighted by atomic mass is 10.1. The number of benzene rings is 2. The van der Waals surface area contributed by atoms with Crippen LogP contribution < -0.4 is 5.01 Å². The van der Waals surface area contributed by atoms with E-state index in [9.17, 15) is 19.5 Å². The average molecular weight is 703 g/mol. The van der Waals surface area contributed by atoms with E-state index in [1.54, 1.807) is 6.92 Å². The highest BCUT2D eigenvalue weighted by Crippen LogP contribution is 2.39. The Morgan fingerprint density at radius 1 is 0.907 bits per heavy atom. The summed E-state index contributed by atoms with van der Waals surface area (Å²) in [6.07, 6.45) is 7.15. The number of anilines is 1. The zero-order valence-electron chi connectivity index (χ0n) is 22.0. The highest BCUT2D eigenvalue weighted by molar-refractivity contribution is 6.55. The lowest BCUT2D eigenvalue weighted by molar-refractivity contribution is -0.115. The molecule has 0 fully saturated rings. The minimum Gasteiger partial charge on any atom is -0.493 e. The number of hydrogen-bond acceptors (Lipinski definition) is 7. The minimum atomic E-state index is -0.804. The van der Waals surface area contributed by atoms with Gasteiger partial charge in [0.1, 0.15) is 17.1 Å². The van der Waals surface area contributed by atoms with Crippen LogP contribution >= 0.6 is 69.6 Å². The van der Waals surface area contributed by atoms with Gasteiger partial charge in [-0.25, -0.2) is 4.79 Å². The van der Waals surface area contributed by atoms with Crippen LogP contribution in [0.25, 0.3) is 11.8 Å². The van der Waals surface area contributed by atoms with Gasteiger partial charge in [0.05, 0.1) is 37.8 Å². The first-order valence-electron chi connectivity index (χ1n) is 12.1. The first-order chi connectivity index (χ1) is 20.3. The molecule has 0 aliphatic carbocycles. The molecule has 0 spiro atoms. The van der Waals surface area contributed by atoms with Crippen molar-refractivity contribution in [1.29, 1.82) is 0 Å². The predicted molar refractivity (Wildman–Crippen MR) is 170 cm³/mol. The molecule has 0 saturated carbocycles. The molecule has 222 valence electrons. The molecule has 9 nitrogen and oxygen atoms in total. The van der Waals surface area contributed by atoms with E-state index in [2.05, 4.69) is 10.2 Å². The van der Waals surface area contributed by atoms with Gasteiger partial charge in [-0.15, -0.1) is 0 Å². The zero-order chi connectivity index (χ0) is 31.6. The quantitative estimate of drug-likeness (QED) is 0.144. The second kappa shape index (κ2) is 13.5. The molecule has 0 radical (unpaired) electrons. The Balaban J connectivity index is 1.68. The van der Waals surface area contributed by atoms with E-state index in [0.717, 1.165) is 9.69 Å². The SMILES string of the molecule is CCOC(=O)c1nn(-c2c(Cl)cc(Cl)cc2Cl)c(O)c1/C=C/C=C/C=C1\C(=O)N(c2c(Cl)cc(Cl)cc2Cl)N=C1C(C)=O.